The second-order valence-electron chi connectivity index (χ2n) is 7.33. The fourth-order valence-corrected chi connectivity index (χ4v) is 5.50. The van der Waals surface area contributed by atoms with Crippen molar-refractivity contribution in [2.24, 2.45) is 9.98 Å². The standard InChI is InChI=1S/C23H22N4O3S3/c1-4-30-16-10-8-15(9-11-16)27-20-19(33-23(27)31)21(29)26-22(25-20)32-12-17(28)24-18-13(2)6-5-7-14(18)3/h5-11,19H,4,12H2,1-3H3,(H,24,28). The molecule has 1 fully saturated rings. The number of amidine groups is 2. The van der Waals surface area contributed by atoms with Crippen molar-refractivity contribution in [1.82, 2.24) is 0 Å². The molecule has 0 saturated carbocycles. The first kappa shape index (κ1) is 23.5. The Balaban J connectivity index is 1.48. The van der Waals surface area contributed by atoms with E-state index in [1.54, 1.807) is 4.90 Å². The van der Waals surface area contributed by atoms with Gasteiger partial charge in [0.05, 0.1) is 12.4 Å². The summed E-state index contributed by atoms with van der Waals surface area (Å²) in [6.07, 6.45) is 0. The van der Waals surface area contributed by atoms with Gasteiger partial charge in [0.25, 0.3) is 5.91 Å². The number of ether oxygens (including phenoxy) is 1. The van der Waals surface area contributed by atoms with E-state index in [0.717, 1.165) is 40.0 Å². The number of amides is 2. The van der Waals surface area contributed by atoms with Crippen LogP contribution in [0.15, 0.2) is 52.4 Å². The van der Waals surface area contributed by atoms with Crippen molar-refractivity contribution >= 4 is 74.3 Å². The lowest BCUT2D eigenvalue weighted by molar-refractivity contribution is -0.116. The first-order valence-electron chi connectivity index (χ1n) is 10.3. The fourth-order valence-electron chi connectivity index (χ4n) is 3.44. The number of rotatable bonds is 6. The van der Waals surface area contributed by atoms with Crippen molar-refractivity contribution in [3.63, 3.8) is 0 Å². The lowest BCUT2D eigenvalue weighted by atomic mass is 10.1. The van der Waals surface area contributed by atoms with Gasteiger partial charge in [-0.2, -0.15) is 4.99 Å². The van der Waals surface area contributed by atoms with Crippen molar-refractivity contribution < 1.29 is 14.3 Å². The highest BCUT2D eigenvalue weighted by molar-refractivity contribution is 8.25. The highest BCUT2D eigenvalue weighted by atomic mass is 32.2. The summed E-state index contributed by atoms with van der Waals surface area (Å²) in [7, 11) is 0. The first-order chi connectivity index (χ1) is 15.9. The van der Waals surface area contributed by atoms with Gasteiger partial charge in [0.2, 0.25) is 5.91 Å². The van der Waals surface area contributed by atoms with Crippen LogP contribution in [0.5, 0.6) is 5.75 Å². The molecule has 1 unspecified atom stereocenters. The van der Waals surface area contributed by atoms with Gasteiger partial charge in [-0.05, 0) is 56.2 Å². The molecule has 2 aliphatic rings. The van der Waals surface area contributed by atoms with Gasteiger partial charge in [-0.15, -0.1) is 0 Å². The maximum absolute atomic E-state index is 12.7. The predicted molar refractivity (Wildman–Crippen MR) is 141 cm³/mol. The van der Waals surface area contributed by atoms with Crippen molar-refractivity contribution in [2.45, 2.75) is 26.0 Å². The van der Waals surface area contributed by atoms with E-state index in [9.17, 15) is 9.59 Å². The zero-order valence-corrected chi connectivity index (χ0v) is 20.8. The summed E-state index contributed by atoms with van der Waals surface area (Å²) in [6.45, 7) is 6.40. The highest BCUT2D eigenvalue weighted by Crippen LogP contribution is 2.36. The molecule has 0 spiro atoms. The number of carbonyl (C=O) groups excluding carboxylic acids is 2. The average Bonchev–Trinajstić information content (AvgIpc) is 3.12. The number of nitrogens with zero attached hydrogens (tertiary/aromatic N) is 3. The van der Waals surface area contributed by atoms with Crippen LogP contribution in [0.4, 0.5) is 11.4 Å². The van der Waals surface area contributed by atoms with Crippen molar-refractivity contribution in [1.29, 1.82) is 0 Å². The number of aryl methyl sites for hydroxylation is 2. The van der Waals surface area contributed by atoms with Gasteiger partial charge in [-0.3, -0.25) is 14.5 Å². The van der Waals surface area contributed by atoms with E-state index >= 15 is 0 Å². The van der Waals surface area contributed by atoms with E-state index in [1.807, 2.05) is 63.2 Å². The van der Waals surface area contributed by atoms with Crippen molar-refractivity contribution in [2.75, 3.05) is 22.6 Å². The molecule has 2 aromatic carbocycles. The second-order valence-corrected chi connectivity index (χ2v) is 10.0. The summed E-state index contributed by atoms with van der Waals surface area (Å²) in [5.41, 5.74) is 3.58. The molecule has 170 valence electrons. The van der Waals surface area contributed by atoms with E-state index in [1.165, 1.54) is 11.8 Å². The monoisotopic (exact) mass is 498 g/mol. The lowest BCUT2D eigenvalue weighted by Crippen LogP contribution is -2.37. The van der Waals surface area contributed by atoms with Gasteiger partial charge in [0.1, 0.15) is 15.9 Å². The number of fused-ring (bicyclic) bond motifs is 1. The molecule has 1 N–H and O–H groups in total. The summed E-state index contributed by atoms with van der Waals surface area (Å²) in [5, 5.41) is 2.62. The number of aliphatic imine (C=N–C) groups is 2. The molecular formula is C23H22N4O3S3. The number of para-hydroxylation sites is 1. The zero-order valence-electron chi connectivity index (χ0n) is 18.3. The fraction of sp³-hybridized carbons (Fsp3) is 0.261. The highest BCUT2D eigenvalue weighted by Gasteiger charge is 2.43. The number of thioether (sulfide) groups is 2. The molecule has 2 aliphatic heterocycles. The Kier molecular flexibility index (Phi) is 7.16. The molecule has 1 saturated heterocycles. The van der Waals surface area contributed by atoms with Crippen LogP contribution in [0.3, 0.4) is 0 Å². The number of thiocarbonyl (C=S) groups is 1. The van der Waals surface area contributed by atoms with E-state index in [0.29, 0.717) is 16.8 Å². The normalized spacial score (nSPS) is 17.4. The van der Waals surface area contributed by atoms with E-state index in [2.05, 4.69) is 15.3 Å². The average molecular weight is 499 g/mol. The van der Waals surface area contributed by atoms with Gasteiger partial charge in [-0.25, -0.2) is 4.99 Å². The van der Waals surface area contributed by atoms with Crippen LogP contribution in [0.2, 0.25) is 0 Å². The van der Waals surface area contributed by atoms with E-state index < -0.39 is 5.25 Å². The van der Waals surface area contributed by atoms with E-state index in [-0.39, 0.29) is 22.7 Å². The first-order valence-corrected chi connectivity index (χ1v) is 12.6. The Morgan fingerprint density at radius 3 is 2.55 bits per heavy atom. The number of nitrogens with one attached hydrogen (secondary N) is 1. The maximum Gasteiger partial charge on any atom is 0.269 e. The molecule has 0 bridgehead atoms. The van der Waals surface area contributed by atoms with Crippen LogP contribution in [0, 0.1) is 13.8 Å². The minimum absolute atomic E-state index is 0.0853. The summed E-state index contributed by atoms with van der Waals surface area (Å²) in [4.78, 5) is 35.6. The van der Waals surface area contributed by atoms with Crippen molar-refractivity contribution in [3.05, 3.63) is 53.6 Å². The van der Waals surface area contributed by atoms with Gasteiger partial charge in [0.15, 0.2) is 10.4 Å². The molecule has 0 aromatic heterocycles. The predicted octanol–water partition coefficient (Wildman–Crippen LogP) is 4.58. The topological polar surface area (TPSA) is 83.4 Å². The van der Waals surface area contributed by atoms with Gasteiger partial charge >= 0.3 is 0 Å². The molecule has 10 heteroatoms. The zero-order chi connectivity index (χ0) is 23.5. The molecule has 2 heterocycles. The number of hydrogen-bond acceptors (Lipinski definition) is 7. The molecule has 0 radical (unpaired) electrons. The third kappa shape index (κ3) is 5.13. The molecule has 7 nitrogen and oxygen atoms in total. The summed E-state index contributed by atoms with van der Waals surface area (Å²) in [5.74, 6) is 0.854. The number of carbonyl (C=O) groups is 2. The van der Waals surface area contributed by atoms with Gasteiger partial charge < -0.3 is 10.1 Å². The Labute approximate surface area is 206 Å². The van der Waals surface area contributed by atoms with Crippen LogP contribution in [0.25, 0.3) is 0 Å². The Morgan fingerprint density at radius 1 is 1.18 bits per heavy atom. The van der Waals surface area contributed by atoms with Crippen LogP contribution in [-0.4, -0.2) is 44.7 Å². The van der Waals surface area contributed by atoms with Crippen LogP contribution in [0.1, 0.15) is 18.1 Å². The van der Waals surface area contributed by atoms with Crippen LogP contribution < -0.4 is 15.0 Å². The quantitative estimate of drug-likeness (QED) is 0.584. The molecule has 33 heavy (non-hydrogen) atoms. The number of benzene rings is 2. The summed E-state index contributed by atoms with van der Waals surface area (Å²) in [6, 6.07) is 13.3. The third-order valence-corrected chi connectivity index (χ3v) is 7.34. The SMILES string of the molecule is CCOc1ccc(N2C(=S)SC3C(=O)N=C(SCC(=O)Nc4c(C)cccc4C)N=C32)cc1. The minimum Gasteiger partial charge on any atom is -0.494 e. The molecule has 4 rings (SSSR count). The molecule has 2 amide bonds. The second kappa shape index (κ2) is 10.1. The van der Waals surface area contributed by atoms with Gasteiger partial charge in [-0.1, -0.05) is 53.9 Å². The smallest absolute Gasteiger partial charge is 0.269 e. The van der Waals surface area contributed by atoms with Gasteiger partial charge in [0, 0.05) is 11.4 Å². The van der Waals surface area contributed by atoms with Crippen molar-refractivity contribution in [3.8, 4) is 5.75 Å². The van der Waals surface area contributed by atoms with Crippen LogP contribution in [-0.2, 0) is 9.59 Å². The number of anilines is 2. The minimum atomic E-state index is -0.572. The molecular weight excluding hydrogens is 476 g/mol. The summed E-state index contributed by atoms with van der Waals surface area (Å²) < 4.78 is 6.03. The maximum atomic E-state index is 12.7. The Hall–Kier alpha value is -2.69. The van der Waals surface area contributed by atoms with E-state index in [4.69, 9.17) is 17.0 Å². The molecule has 0 aliphatic carbocycles. The molecule has 1 atom stereocenters. The molecule has 2 aromatic rings. The Morgan fingerprint density at radius 2 is 1.88 bits per heavy atom. The third-order valence-electron chi connectivity index (χ3n) is 4.99. The lowest BCUT2D eigenvalue weighted by Gasteiger charge is -2.21. The van der Waals surface area contributed by atoms with Crippen LogP contribution >= 0.6 is 35.7 Å². The Bertz CT molecular complexity index is 1160. The summed E-state index contributed by atoms with van der Waals surface area (Å²) >= 11 is 7.90. The largest absolute Gasteiger partial charge is 0.494 e. The number of hydrogen-bond donors (Lipinski definition) is 1.